The summed E-state index contributed by atoms with van der Waals surface area (Å²) < 4.78 is 27.7. The smallest absolute Gasteiger partial charge is 0.224 e. The van der Waals surface area contributed by atoms with E-state index in [4.69, 9.17) is 4.74 Å². The molecule has 1 fully saturated rings. The van der Waals surface area contributed by atoms with Crippen molar-refractivity contribution in [2.45, 2.75) is 26.5 Å². The maximum absolute atomic E-state index is 11.9. The summed E-state index contributed by atoms with van der Waals surface area (Å²) in [6.45, 7) is 2.74. The van der Waals surface area contributed by atoms with Crippen LogP contribution in [0.5, 0.6) is 0 Å². The van der Waals surface area contributed by atoms with Crippen LogP contribution in [0, 0.1) is 12.8 Å². The van der Waals surface area contributed by atoms with Crippen LogP contribution in [-0.4, -0.2) is 37.9 Å². The highest BCUT2D eigenvalue weighted by Crippen LogP contribution is 2.21. The van der Waals surface area contributed by atoms with Crippen LogP contribution < -0.4 is 5.32 Å². The molecule has 2 heterocycles. The van der Waals surface area contributed by atoms with Crippen LogP contribution in [0.25, 0.3) is 0 Å². The molecular formula is C12H18N2O4S2. The van der Waals surface area contributed by atoms with Gasteiger partial charge in [-0.25, -0.2) is 13.4 Å². The largest absolute Gasteiger partial charge is 0.378 e. The molecule has 0 unspecified atom stereocenters. The van der Waals surface area contributed by atoms with Crippen molar-refractivity contribution in [3.63, 3.8) is 0 Å². The normalized spacial score (nSPS) is 21.0. The Kier molecular flexibility index (Phi) is 4.77. The molecule has 0 bridgehead atoms. The van der Waals surface area contributed by atoms with Crippen LogP contribution in [0.2, 0.25) is 0 Å². The number of carbonyl (C=O) groups is 1. The van der Waals surface area contributed by atoms with Gasteiger partial charge in [-0.05, 0) is 13.3 Å². The number of hydrogen-bond donors (Lipinski definition) is 1. The highest BCUT2D eigenvalue weighted by atomic mass is 32.2. The number of thiazole rings is 1. The summed E-state index contributed by atoms with van der Waals surface area (Å²) in [7, 11) is -1.41. The summed E-state index contributed by atoms with van der Waals surface area (Å²) in [6, 6.07) is 0. The monoisotopic (exact) mass is 318 g/mol. The Morgan fingerprint density at radius 1 is 1.55 bits per heavy atom. The van der Waals surface area contributed by atoms with Crippen LogP contribution in [-0.2, 0) is 32.5 Å². The molecule has 20 heavy (non-hydrogen) atoms. The summed E-state index contributed by atoms with van der Waals surface area (Å²) >= 11 is 1.50. The quantitative estimate of drug-likeness (QED) is 0.861. The Bertz CT molecular complexity index is 595. The van der Waals surface area contributed by atoms with E-state index in [0.717, 1.165) is 15.6 Å². The van der Waals surface area contributed by atoms with Crippen molar-refractivity contribution in [1.29, 1.82) is 0 Å². The van der Waals surface area contributed by atoms with Crippen molar-refractivity contribution in [2.24, 2.45) is 5.92 Å². The number of methoxy groups -OCH3 is 1. The second-order valence-corrected chi connectivity index (χ2v) is 8.26. The molecule has 1 atom stereocenters. The van der Waals surface area contributed by atoms with E-state index in [2.05, 4.69) is 10.3 Å². The van der Waals surface area contributed by atoms with Gasteiger partial charge >= 0.3 is 0 Å². The van der Waals surface area contributed by atoms with E-state index in [1.807, 2.05) is 6.92 Å². The fourth-order valence-electron chi connectivity index (χ4n) is 2.15. The zero-order valence-electron chi connectivity index (χ0n) is 11.5. The van der Waals surface area contributed by atoms with Crippen molar-refractivity contribution in [3.8, 4) is 0 Å². The van der Waals surface area contributed by atoms with Gasteiger partial charge in [0.15, 0.2) is 9.84 Å². The van der Waals surface area contributed by atoms with E-state index in [9.17, 15) is 13.2 Å². The third-order valence-corrected chi connectivity index (χ3v) is 6.13. The summed E-state index contributed by atoms with van der Waals surface area (Å²) in [4.78, 5) is 17.3. The van der Waals surface area contributed by atoms with E-state index >= 15 is 0 Å². The molecular weight excluding hydrogens is 300 g/mol. The second-order valence-electron chi connectivity index (χ2n) is 4.87. The van der Waals surface area contributed by atoms with Gasteiger partial charge < -0.3 is 10.1 Å². The fourth-order valence-corrected chi connectivity index (χ4v) is 4.87. The predicted octanol–water partition coefficient (Wildman–Crippen LogP) is 0.649. The van der Waals surface area contributed by atoms with Crippen LogP contribution in [0.4, 0.5) is 0 Å². The Balaban J connectivity index is 1.90. The first-order valence-electron chi connectivity index (χ1n) is 6.33. The average molecular weight is 318 g/mol. The summed E-state index contributed by atoms with van der Waals surface area (Å²) in [6.07, 6.45) is 0.421. The fraction of sp³-hybridized carbons (Fsp3) is 0.667. The molecule has 0 aliphatic carbocycles. The molecule has 1 aliphatic heterocycles. The lowest BCUT2D eigenvalue weighted by Gasteiger charge is -2.08. The number of carbonyl (C=O) groups excluding carboxylic acids is 1. The molecule has 112 valence electrons. The maximum atomic E-state index is 11.9. The van der Waals surface area contributed by atoms with Crippen LogP contribution in [0.15, 0.2) is 0 Å². The molecule has 1 N–H and O–H groups in total. The minimum absolute atomic E-state index is 0.0323. The second kappa shape index (κ2) is 6.19. The zero-order chi connectivity index (χ0) is 14.8. The number of ether oxygens (including phenoxy) is 1. The number of amides is 1. The van der Waals surface area contributed by atoms with Gasteiger partial charge in [-0.2, -0.15) is 0 Å². The lowest BCUT2D eigenvalue weighted by atomic mass is 10.1. The molecule has 8 heteroatoms. The third-order valence-electron chi connectivity index (χ3n) is 3.23. The summed E-state index contributed by atoms with van der Waals surface area (Å²) in [5, 5.41) is 3.67. The molecule has 1 aromatic heterocycles. The number of aromatic nitrogens is 1. The van der Waals surface area contributed by atoms with Crippen LogP contribution in [0.3, 0.4) is 0 Å². The SMILES string of the molecule is COCc1nc(C)c(CNC(=O)[C@H]2CCS(=O)(=O)C2)s1. The highest BCUT2D eigenvalue weighted by Gasteiger charge is 2.32. The van der Waals surface area contributed by atoms with Gasteiger partial charge in [0.1, 0.15) is 5.01 Å². The molecule has 1 aliphatic rings. The number of sulfone groups is 1. The predicted molar refractivity (Wildman–Crippen MR) is 76.2 cm³/mol. The first-order valence-corrected chi connectivity index (χ1v) is 8.97. The molecule has 1 aromatic rings. The van der Waals surface area contributed by atoms with Gasteiger partial charge in [0.25, 0.3) is 0 Å². The van der Waals surface area contributed by atoms with Crippen molar-refractivity contribution < 1.29 is 17.9 Å². The number of hydrogen-bond acceptors (Lipinski definition) is 6. The first kappa shape index (κ1) is 15.4. The van der Waals surface area contributed by atoms with Crippen molar-refractivity contribution in [3.05, 3.63) is 15.6 Å². The standard InChI is InChI=1S/C12H18N2O4S2/c1-8-10(19-11(14-8)6-18-2)5-13-12(15)9-3-4-20(16,17)7-9/h9H,3-7H2,1-2H3,(H,13,15)/t9-/m0/s1. The molecule has 0 saturated carbocycles. The van der Waals surface area contributed by atoms with Gasteiger partial charge in [0.2, 0.25) is 5.91 Å². The van der Waals surface area contributed by atoms with E-state index in [0.29, 0.717) is 19.6 Å². The summed E-state index contributed by atoms with van der Waals surface area (Å²) in [5.74, 6) is -0.517. The number of nitrogens with one attached hydrogen (secondary N) is 1. The molecule has 0 radical (unpaired) electrons. The highest BCUT2D eigenvalue weighted by molar-refractivity contribution is 7.91. The Morgan fingerprint density at radius 2 is 2.30 bits per heavy atom. The summed E-state index contributed by atoms with van der Waals surface area (Å²) in [5.41, 5.74) is 0.876. The van der Waals surface area contributed by atoms with Gasteiger partial charge in [0, 0.05) is 12.0 Å². The van der Waals surface area contributed by atoms with Gasteiger partial charge in [-0.1, -0.05) is 0 Å². The Labute approximate surface area is 122 Å². The van der Waals surface area contributed by atoms with Crippen molar-refractivity contribution in [1.82, 2.24) is 10.3 Å². The molecule has 2 rings (SSSR count). The van der Waals surface area contributed by atoms with Crippen LogP contribution >= 0.6 is 11.3 Å². The minimum Gasteiger partial charge on any atom is -0.378 e. The van der Waals surface area contributed by atoms with Gasteiger partial charge in [-0.15, -0.1) is 11.3 Å². The van der Waals surface area contributed by atoms with Crippen LogP contribution in [0.1, 0.15) is 22.0 Å². The lowest BCUT2D eigenvalue weighted by Crippen LogP contribution is -2.30. The van der Waals surface area contributed by atoms with E-state index in [-0.39, 0.29) is 17.4 Å². The van der Waals surface area contributed by atoms with Crippen molar-refractivity contribution >= 4 is 27.1 Å². The zero-order valence-corrected chi connectivity index (χ0v) is 13.1. The Hall–Kier alpha value is -0.990. The molecule has 0 aromatic carbocycles. The Morgan fingerprint density at radius 3 is 2.90 bits per heavy atom. The number of nitrogens with zero attached hydrogens (tertiary/aromatic N) is 1. The minimum atomic E-state index is -3.02. The van der Waals surface area contributed by atoms with E-state index in [1.54, 1.807) is 7.11 Å². The molecule has 0 spiro atoms. The molecule has 1 amide bonds. The lowest BCUT2D eigenvalue weighted by molar-refractivity contribution is -0.124. The van der Waals surface area contributed by atoms with Crippen molar-refractivity contribution in [2.75, 3.05) is 18.6 Å². The maximum Gasteiger partial charge on any atom is 0.224 e. The van der Waals surface area contributed by atoms with Gasteiger partial charge in [-0.3, -0.25) is 4.79 Å². The molecule has 6 nitrogen and oxygen atoms in total. The number of rotatable bonds is 5. The first-order chi connectivity index (χ1) is 9.41. The third kappa shape index (κ3) is 3.77. The topological polar surface area (TPSA) is 85.4 Å². The molecule has 1 saturated heterocycles. The average Bonchev–Trinajstić information content (AvgIpc) is 2.90. The van der Waals surface area contributed by atoms with Gasteiger partial charge in [0.05, 0.1) is 36.3 Å². The van der Waals surface area contributed by atoms with E-state index < -0.39 is 15.8 Å². The number of aryl methyl sites for hydroxylation is 1. The van der Waals surface area contributed by atoms with E-state index in [1.165, 1.54) is 11.3 Å².